The minimum atomic E-state index is -0.188. The zero-order chi connectivity index (χ0) is 19.0. The van der Waals surface area contributed by atoms with Crippen molar-refractivity contribution in [3.05, 3.63) is 47.2 Å². The van der Waals surface area contributed by atoms with Gasteiger partial charge in [0.25, 0.3) is 0 Å². The molecular weight excluding hydrogens is 360 g/mol. The third-order valence-corrected chi connectivity index (χ3v) is 4.82. The quantitative estimate of drug-likeness (QED) is 0.566. The smallest absolute Gasteiger partial charge is 0.222 e. The second-order valence-corrected chi connectivity index (χ2v) is 6.90. The second-order valence-electron chi connectivity index (χ2n) is 6.04. The zero-order valence-corrected chi connectivity index (χ0v) is 15.4. The van der Waals surface area contributed by atoms with Crippen LogP contribution in [-0.2, 0) is 4.79 Å². The molecule has 0 saturated carbocycles. The van der Waals surface area contributed by atoms with E-state index >= 15 is 0 Å². The number of aromatic amines is 1. The van der Waals surface area contributed by atoms with Gasteiger partial charge in [0.2, 0.25) is 5.91 Å². The zero-order valence-electron chi connectivity index (χ0n) is 14.6. The largest absolute Gasteiger partial charge is 0.353 e. The standard InChI is InChI=1S/C19H14N6OS/c1-10-5-14-18(22-8-10)16(19-24-13(7-20)9-27-19)17(25-14)12-3-4-21-15(6-12)23-11(2)26/h3-6,8-9,25H,1-2H3,(H,21,23,26). The summed E-state index contributed by atoms with van der Waals surface area (Å²) in [6.07, 6.45) is 3.44. The lowest BCUT2D eigenvalue weighted by Crippen LogP contribution is -2.07. The Bertz CT molecular complexity index is 1220. The molecule has 0 aliphatic heterocycles. The van der Waals surface area contributed by atoms with Crippen LogP contribution in [0.25, 0.3) is 32.9 Å². The van der Waals surface area contributed by atoms with Crippen LogP contribution in [0.1, 0.15) is 18.2 Å². The number of anilines is 1. The van der Waals surface area contributed by atoms with Crippen LogP contribution in [0.15, 0.2) is 36.0 Å². The first kappa shape index (κ1) is 16.9. The summed E-state index contributed by atoms with van der Waals surface area (Å²) in [5.41, 5.74) is 5.56. The van der Waals surface area contributed by atoms with Gasteiger partial charge in [0, 0.05) is 30.3 Å². The normalized spacial score (nSPS) is 10.7. The Morgan fingerprint density at radius 3 is 2.93 bits per heavy atom. The maximum Gasteiger partial charge on any atom is 0.222 e. The maximum absolute atomic E-state index is 11.4. The molecule has 0 fully saturated rings. The summed E-state index contributed by atoms with van der Waals surface area (Å²) in [5.74, 6) is 0.276. The van der Waals surface area contributed by atoms with Gasteiger partial charge in [-0.3, -0.25) is 9.78 Å². The Kier molecular flexibility index (Phi) is 4.14. The van der Waals surface area contributed by atoms with Crippen molar-refractivity contribution >= 4 is 34.1 Å². The molecule has 4 aromatic rings. The number of carbonyl (C=O) groups excluding carboxylic acids is 1. The summed E-state index contributed by atoms with van der Waals surface area (Å²) in [6.45, 7) is 3.42. The molecule has 0 unspecified atom stereocenters. The lowest BCUT2D eigenvalue weighted by Gasteiger charge is -2.05. The van der Waals surface area contributed by atoms with Crippen LogP contribution >= 0.6 is 11.3 Å². The van der Waals surface area contributed by atoms with E-state index in [0.29, 0.717) is 16.5 Å². The number of nitriles is 1. The first-order valence-electron chi connectivity index (χ1n) is 8.13. The predicted octanol–water partition coefficient (Wildman–Crippen LogP) is 3.89. The number of pyridine rings is 2. The molecule has 0 atom stereocenters. The third kappa shape index (κ3) is 3.16. The number of carbonyl (C=O) groups is 1. The van der Waals surface area contributed by atoms with Crippen LogP contribution < -0.4 is 5.32 Å². The summed E-state index contributed by atoms with van der Waals surface area (Å²) in [4.78, 5) is 27.9. The molecule has 27 heavy (non-hydrogen) atoms. The van der Waals surface area contributed by atoms with Gasteiger partial charge in [0.1, 0.15) is 16.9 Å². The van der Waals surface area contributed by atoms with Crippen molar-refractivity contribution in [1.82, 2.24) is 19.9 Å². The summed E-state index contributed by atoms with van der Waals surface area (Å²) in [5, 5.41) is 14.3. The van der Waals surface area contributed by atoms with Gasteiger partial charge < -0.3 is 10.3 Å². The molecule has 4 aromatic heterocycles. The SMILES string of the molecule is CC(=O)Nc1cc(-c2[nH]c3cc(C)cnc3c2-c2nc(C#N)cs2)ccn1. The molecule has 1 amide bonds. The molecule has 132 valence electrons. The van der Waals surface area contributed by atoms with Gasteiger partial charge >= 0.3 is 0 Å². The topological polar surface area (TPSA) is 107 Å². The van der Waals surface area contributed by atoms with Crippen molar-refractivity contribution in [2.45, 2.75) is 13.8 Å². The number of aromatic nitrogens is 4. The molecule has 0 saturated heterocycles. The number of nitrogens with zero attached hydrogens (tertiary/aromatic N) is 4. The van der Waals surface area contributed by atoms with Crippen LogP contribution in [0.4, 0.5) is 5.82 Å². The van der Waals surface area contributed by atoms with E-state index in [1.165, 1.54) is 18.3 Å². The van der Waals surface area contributed by atoms with E-state index in [4.69, 9.17) is 5.26 Å². The summed E-state index contributed by atoms with van der Waals surface area (Å²) >= 11 is 1.40. The van der Waals surface area contributed by atoms with Gasteiger partial charge in [-0.05, 0) is 30.7 Å². The number of nitrogens with one attached hydrogen (secondary N) is 2. The number of hydrogen-bond donors (Lipinski definition) is 2. The van der Waals surface area contributed by atoms with Gasteiger partial charge in [0.05, 0.1) is 22.3 Å². The van der Waals surface area contributed by atoms with Crippen LogP contribution in [0.2, 0.25) is 0 Å². The van der Waals surface area contributed by atoms with E-state index in [1.54, 1.807) is 23.8 Å². The average Bonchev–Trinajstić information content (AvgIpc) is 3.24. The van der Waals surface area contributed by atoms with Gasteiger partial charge in [-0.2, -0.15) is 5.26 Å². The highest BCUT2D eigenvalue weighted by Crippen LogP contribution is 2.39. The summed E-state index contributed by atoms with van der Waals surface area (Å²) in [6, 6.07) is 7.73. The Labute approximate surface area is 158 Å². The Morgan fingerprint density at radius 1 is 1.33 bits per heavy atom. The first-order chi connectivity index (χ1) is 13.0. The fourth-order valence-corrected chi connectivity index (χ4v) is 3.67. The fraction of sp³-hybridized carbons (Fsp3) is 0.105. The molecule has 4 rings (SSSR count). The molecule has 4 heterocycles. The molecule has 2 N–H and O–H groups in total. The van der Waals surface area contributed by atoms with Crippen LogP contribution in [-0.4, -0.2) is 25.8 Å². The van der Waals surface area contributed by atoms with Crippen molar-refractivity contribution in [3.8, 4) is 27.9 Å². The molecule has 0 radical (unpaired) electrons. The monoisotopic (exact) mass is 374 g/mol. The maximum atomic E-state index is 11.4. The number of rotatable bonds is 3. The number of thiazole rings is 1. The summed E-state index contributed by atoms with van der Waals surface area (Å²) in [7, 11) is 0. The minimum Gasteiger partial charge on any atom is -0.353 e. The number of fused-ring (bicyclic) bond motifs is 1. The lowest BCUT2D eigenvalue weighted by atomic mass is 10.1. The van der Waals surface area contributed by atoms with Crippen molar-refractivity contribution < 1.29 is 4.79 Å². The molecule has 0 spiro atoms. The number of aryl methyl sites for hydroxylation is 1. The molecule has 0 bridgehead atoms. The molecule has 0 aromatic carbocycles. The third-order valence-electron chi connectivity index (χ3n) is 3.96. The Morgan fingerprint density at radius 2 is 2.19 bits per heavy atom. The van der Waals surface area contributed by atoms with E-state index in [-0.39, 0.29) is 5.91 Å². The van der Waals surface area contributed by atoms with Crippen molar-refractivity contribution in [3.63, 3.8) is 0 Å². The Hall–Kier alpha value is -3.57. The number of amides is 1. The van der Waals surface area contributed by atoms with Gasteiger partial charge in [-0.1, -0.05) is 0 Å². The average molecular weight is 374 g/mol. The summed E-state index contributed by atoms with van der Waals surface area (Å²) < 4.78 is 0. The van der Waals surface area contributed by atoms with Crippen LogP contribution in [0, 0.1) is 18.3 Å². The van der Waals surface area contributed by atoms with Crippen molar-refractivity contribution in [2.75, 3.05) is 5.32 Å². The van der Waals surface area contributed by atoms with Crippen molar-refractivity contribution in [1.29, 1.82) is 5.26 Å². The van der Waals surface area contributed by atoms with Crippen molar-refractivity contribution in [2.24, 2.45) is 0 Å². The fourth-order valence-electron chi connectivity index (χ4n) is 2.88. The number of hydrogen-bond acceptors (Lipinski definition) is 6. The highest BCUT2D eigenvalue weighted by Gasteiger charge is 2.19. The van der Waals surface area contributed by atoms with E-state index in [9.17, 15) is 4.79 Å². The minimum absolute atomic E-state index is 0.188. The van der Waals surface area contributed by atoms with E-state index in [2.05, 4.69) is 31.3 Å². The predicted molar refractivity (Wildman–Crippen MR) is 104 cm³/mol. The van der Waals surface area contributed by atoms with Gasteiger partial charge in [0.15, 0.2) is 5.69 Å². The number of H-pyrrole nitrogens is 1. The lowest BCUT2D eigenvalue weighted by molar-refractivity contribution is -0.114. The van der Waals surface area contributed by atoms with E-state index in [1.807, 2.05) is 19.1 Å². The van der Waals surface area contributed by atoms with Gasteiger partial charge in [-0.15, -0.1) is 11.3 Å². The van der Waals surface area contributed by atoms with Crippen LogP contribution in [0.5, 0.6) is 0 Å². The Balaban J connectivity index is 1.96. The molecule has 0 aliphatic carbocycles. The van der Waals surface area contributed by atoms with Gasteiger partial charge in [-0.25, -0.2) is 9.97 Å². The second kappa shape index (κ2) is 6.63. The van der Waals surface area contributed by atoms with Crippen LogP contribution in [0.3, 0.4) is 0 Å². The van der Waals surface area contributed by atoms with E-state index < -0.39 is 0 Å². The molecular formula is C19H14N6OS. The van der Waals surface area contributed by atoms with E-state index in [0.717, 1.165) is 33.4 Å². The molecule has 0 aliphatic rings. The highest BCUT2D eigenvalue weighted by molar-refractivity contribution is 7.13. The first-order valence-corrected chi connectivity index (χ1v) is 9.01. The highest BCUT2D eigenvalue weighted by atomic mass is 32.1. The molecule has 8 heteroatoms. The molecule has 7 nitrogen and oxygen atoms in total.